The minimum absolute atomic E-state index is 0.154. The van der Waals surface area contributed by atoms with Gasteiger partial charge < -0.3 is 9.88 Å². The monoisotopic (exact) mass is 401 g/mol. The van der Waals surface area contributed by atoms with Crippen molar-refractivity contribution in [3.05, 3.63) is 64.8 Å². The van der Waals surface area contributed by atoms with Gasteiger partial charge in [-0.2, -0.15) is 0 Å². The number of anilines is 1. The molecule has 1 unspecified atom stereocenters. The Morgan fingerprint density at radius 2 is 1.89 bits per heavy atom. The molecule has 5 nitrogen and oxygen atoms in total. The van der Waals surface area contributed by atoms with Gasteiger partial charge in [-0.15, -0.1) is 0 Å². The molecule has 3 aromatic rings. The predicted molar refractivity (Wildman–Crippen MR) is 109 cm³/mol. The molecule has 0 spiro atoms. The molecule has 0 aliphatic rings. The van der Waals surface area contributed by atoms with Gasteiger partial charge in [-0.1, -0.05) is 35.9 Å². The van der Waals surface area contributed by atoms with E-state index in [4.69, 9.17) is 11.6 Å². The number of carbonyl (C=O) groups excluding carboxylic acids is 1. The second-order valence-corrected chi connectivity index (χ2v) is 8.06. The highest BCUT2D eigenvalue weighted by molar-refractivity contribution is 7.85. The summed E-state index contributed by atoms with van der Waals surface area (Å²) in [6, 6.07) is 13.0. The van der Waals surface area contributed by atoms with E-state index in [1.165, 1.54) is 0 Å². The van der Waals surface area contributed by atoms with E-state index in [0.29, 0.717) is 10.2 Å². The number of aromatic nitrogens is 2. The number of benzene rings is 2. The number of carbonyl (C=O) groups is 1. The molecule has 0 radical (unpaired) electrons. The third kappa shape index (κ3) is 4.28. The average molecular weight is 402 g/mol. The molecule has 2 aromatic carbocycles. The van der Waals surface area contributed by atoms with Gasteiger partial charge in [-0.3, -0.25) is 9.00 Å². The lowest BCUT2D eigenvalue weighted by molar-refractivity contribution is -0.113. The summed E-state index contributed by atoms with van der Waals surface area (Å²) in [5, 5.41) is 3.84. The molecule has 0 saturated heterocycles. The smallest absolute Gasteiger partial charge is 0.237 e. The molecule has 0 saturated carbocycles. The maximum atomic E-state index is 12.7. The first-order chi connectivity index (χ1) is 12.9. The molecule has 1 atom stereocenters. The standard InChI is InChI=1S/C20H20ClN3O2S/c1-13-5-4-6-17(14(13)2)23-19(25)12-27(26)20-22-11-18(24(20)3)15-7-9-16(21)10-8-15/h4-11H,12H2,1-3H3,(H,23,25). The van der Waals surface area contributed by atoms with Gasteiger partial charge in [-0.05, 0) is 48.7 Å². The van der Waals surface area contributed by atoms with Gasteiger partial charge in [0.1, 0.15) is 5.75 Å². The Morgan fingerprint density at radius 3 is 2.59 bits per heavy atom. The van der Waals surface area contributed by atoms with E-state index in [1.807, 2.05) is 44.2 Å². The summed E-state index contributed by atoms with van der Waals surface area (Å²) in [7, 11) is 0.230. The van der Waals surface area contributed by atoms with Crippen LogP contribution in [0.1, 0.15) is 11.1 Å². The van der Waals surface area contributed by atoms with E-state index in [2.05, 4.69) is 10.3 Å². The highest BCUT2D eigenvalue weighted by Gasteiger charge is 2.18. The molecular formula is C20H20ClN3O2S. The molecule has 1 aromatic heterocycles. The Kier molecular flexibility index (Phi) is 5.77. The number of aryl methyl sites for hydroxylation is 1. The molecular weight excluding hydrogens is 382 g/mol. The number of nitrogens with zero attached hydrogens (tertiary/aromatic N) is 2. The second kappa shape index (κ2) is 8.06. The quantitative estimate of drug-likeness (QED) is 0.699. The molecule has 140 valence electrons. The van der Waals surface area contributed by atoms with Crippen molar-refractivity contribution in [3.8, 4) is 11.3 Å². The molecule has 3 rings (SSSR count). The zero-order chi connectivity index (χ0) is 19.6. The van der Waals surface area contributed by atoms with Gasteiger partial charge >= 0.3 is 0 Å². The Bertz CT molecular complexity index is 1010. The van der Waals surface area contributed by atoms with Crippen molar-refractivity contribution in [2.45, 2.75) is 19.0 Å². The van der Waals surface area contributed by atoms with Gasteiger partial charge in [-0.25, -0.2) is 4.98 Å². The van der Waals surface area contributed by atoms with E-state index in [-0.39, 0.29) is 11.7 Å². The van der Waals surface area contributed by atoms with Crippen LogP contribution in [0.25, 0.3) is 11.3 Å². The number of nitrogens with one attached hydrogen (secondary N) is 1. The SMILES string of the molecule is Cc1cccc(NC(=O)CS(=O)c2ncc(-c3ccc(Cl)cc3)n2C)c1C. The van der Waals surface area contributed by atoms with Crippen molar-refractivity contribution in [3.63, 3.8) is 0 Å². The predicted octanol–water partition coefficient (Wildman–Crippen LogP) is 4.10. The molecule has 0 fully saturated rings. The summed E-state index contributed by atoms with van der Waals surface area (Å²) in [5.41, 5.74) is 4.55. The Labute approximate surface area is 165 Å². The third-order valence-electron chi connectivity index (χ3n) is 4.43. The van der Waals surface area contributed by atoms with E-state index < -0.39 is 10.8 Å². The summed E-state index contributed by atoms with van der Waals surface area (Å²) in [6.07, 6.45) is 1.65. The molecule has 7 heteroatoms. The van der Waals surface area contributed by atoms with Gasteiger partial charge in [0.25, 0.3) is 0 Å². The molecule has 1 N–H and O–H groups in total. The fraction of sp³-hybridized carbons (Fsp3) is 0.200. The second-order valence-electron chi connectivity index (χ2n) is 6.28. The van der Waals surface area contributed by atoms with Crippen LogP contribution in [-0.4, -0.2) is 25.4 Å². The number of amides is 1. The molecule has 1 amide bonds. The zero-order valence-corrected chi connectivity index (χ0v) is 16.9. The summed E-state index contributed by atoms with van der Waals surface area (Å²) < 4.78 is 14.4. The molecule has 0 bridgehead atoms. The Morgan fingerprint density at radius 1 is 1.19 bits per heavy atom. The van der Waals surface area contributed by atoms with Crippen LogP contribution >= 0.6 is 11.6 Å². The minimum Gasteiger partial charge on any atom is -0.325 e. The fourth-order valence-electron chi connectivity index (χ4n) is 2.75. The van der Waals surface area contributed by atoms with Crippen LogP contribution in [0.5, 0.6) is 0 Å². The van der Waals surface area contributed by atoms with Crippen LogP contribution in [0.4, 0.5) is 5.69 Å². The minimum atomic E-state index is -1.55. The van der Waals surface area contributed by atoms with Crippen molar-refractivity contribution < 1.29 is 9.00 Å². The fourth-order valence-corrected chi connectivity index (χ4v) is 3.89. The van der Waals surface area contributed by atoms with Gasteiger partial charge in [0.05, 0.1) is 22.7 Å². The van der Waals surface area contributed by atoms with Gasteiger partial charge in [0.15, 0.2) is 5.16 Å². The molecule has 0 aliphatic carbocycles. The van der Waals surface area contributed by atoms with Crippen molar-refractivity contribution in [1.29, 1.82) is 0 Å². The lowest BCUT2D eigenvalue weighted by Crippen LogP contribution is -2.21. The van der Waals surface area contributed by atoms with E-state index in [1.54, 1.807) is 29.9 Å². The molecule has 1 heterocycles. The first-order valence-corrected chi connectivity index (χ1v) is 10.1. The number of rotatable bonds is 5. The summed E-state index contributed by atoms with van der Waals surface area (Å²) in [6.45, 7) is 3.92. The number of hydrogen-bond acceptors (Lipinski definition) is 3. The summed E-state index contributed by atoms with van der Waals surface area (Å²) in [4.78, 5) is 16.6. The Hall–Kier alpha value is -2.44. The maximum Gasteiger partial charge on any atom is 0.237 e. The normalized spacial score (nSPS) is 12.0. The van der Waals surface area contributed by atoms with Crippen molar-refractivity contribution in [2.24, 2.45) is 7.05 Å². The number of imidazole rings is 1. The molecule has 27 heavy (non-hydrogen) atoms. The summed E-state index contributed by atoms with van der Waals surface area (Å²) in [5.74, 6) is -0.462. The topological polar surface area (TPSA) is 64.0 Å². The van der Waals surface area contributed by atoms with E-state index >= 15 is 0 Å². The number of halogens is 1. The largest absolute Gasteiger partial charge is 0.325 e. The van der Waals surface area contributed by atoms with Crippen molar-refractivity contribution in [1.82, 2.24) is 9.55 Å². The lowest BCUT2D eigenvalue weighted by atomic mass is 10.1. The Balaban J connectivity index is 1.74. The highest BCUT2D eigenvalue weighted by Crippen LogP contribution is 2.23. The maximum absolute atomic E-state index is 12.7. The summed E-state index contributed by atoms with van der Waals surface area (Å²) >= 11 is 5.92. The van der Waals surface area contributed by atoms with Crippen LogP contribution < -0.4 is 5.32 Å². The van der Waals surface area contributed by atoms with Crippen LogP contribution in [0, 0.1) is 13.8 Å². The lowest BCUT2D eigenvalue weighted by Gasteiger charge is -2.10. The zero-order valence-electron chi connectivity index (χ0n) is 15.3. The number of hydrogen-bond donors (Lipinski definition) is 1. The van der Waals surface area contributed by atoms with Crippen molar-refractivity contribution >= 4 is 34.0 Å². The van der Waals surface area contributed by atoms with Gasteiger partial charge in [0, 0.05) is 17.8 Å². The van der Waals surface area contributed by atoms with E-state index in [9.17, 15) is 9.00 Å². The highest BCUT2D eigenvalue weighted by atomic mass is 35.5. The van der Waals surface area contributed by atoms with Crippen LogP contribution in [0.15, 0.2) is 53.8 Å². The average Bonchev–Trinajstić information content (AvgIpc) is 3.01. The van der Waals surface area contributed by atoms with Gasteiger partial charge in [0.2, 0.25) is 5.91 Å². The van der Waals surface area contributed by atoms with Crippen LogP contribution in [-0.2, 0) is 22.6 Å². The first-order valence-electron chi connectivity index (χ1n) is 8.39. The molecule has 0 aliphatic heterocycles. The van der Waals surface area contributed by atoms with Crippen molar-refractivity contribution in [2.75, 3.05) is 11.1 Å². The third-order valence-corrected chi connectivity index (χ3v) is 5.99. The van der Waals surface area contributed by atoms with Crippen LogP contribution in [0.2, 0.25) is 5.02 Å². The first kappa shape index (κ1) is 19.3. The van der Waals surface area contributed by atoms with Crippen LogP contribution in [0.3, 0.4) is 0 Å². The van der Waals surface area contributed by atoms with E-state index in [0.717, 1.165) is 28.1 Å².